The zero-order valence-corrected chi connectivity index (χ0v) is 17.9. The van der Waals surface area contributed by atoms with E-state index < -0.39 is 0 Å². The number of hydrogen-bond acceptors (Lipinski definition) is 2. The second kappa shape index (κ2) is 8.98. The Bertz CT molecular complexity index is 950. The van der Waals surface area contributed by atoms with E-state index in [1.807, 2.05) is 22.8 Å². The Labute approximate surface area is 173 Å². The van der Waals surface area contributed by atoms with Crippen LogP contribution in [0.4, 0.5) is 0 Å². The minimum Gasteiger partial charge on any atom is -0.490 e. The zero-order valence-electron chi connectivity index (χ0n) is 14.7. The lowest BCUT2D eigenvalue weighted by Gasteiger charge is -2.10. The van der Waals surface area contributed by atoms with Crippen LogP contribution in [0, 0.1) is 11.3 Å². The van der Waals surface area contributed by atoms with Gasteiger partial charge in [-0.1, -0.05) is 49.2 Å². The van der Waals surface area contributed by atoms with E-state index in [1.165, 1.54) is 0 Å². The number of ether oxygens (including phenoxy) is 1. The summed E-state index contributed by atoms with van der Waals surface area (Å²) in [6.45, 7) is 6.13. The summed E-state index contributed by atoms with van der Waals surface area (Å²) in [4.78, 5) is 0. The fraction of sp³-hybridized carbons (Fsp3) is 0.316. The van der Waals surface area contributed by atoms with Crippen LogP contribution in [0.1, 0.15) is 13.8 Å². The number of fused-ring (bicyclic) bond motifs is 1. The molecule has 26 heavy (non-hydrogen) atoms. The molecule has 0 saturated carbocycles. The van der Waals surface area contributed by atoms with Crippen LogP contribution >= 0.6 is 40.2 Å². The van der Waals surface area contributed by atoms with Gasteiger partial charge >= 0.3 is 0 Å². The number of rotatable bonds is 6. The molecule has 0 fully saturated rings. The van der Waals surface area contributed by atoms with Crippen LogP contribution in [0.15, 0.2) is 42.5 Å². The monoisotopic (exact) mass is 457 g/mol. The maximum Gasteiger partial charge on any atom is 0.203 e. The van der Waals surface area contributed by atoms with Gasteiger partial charge in [0.2, 0.25) is 5.62 Å². The van der Waals surface area contributed by atoms with E-state index in [2.05, 4.69) is 24.5 Å². The maximum atomic E-state index is 8.55. The normalized spacial score (nSPS) is 11.0. The fourth-order valence-corrected chi connectivity index (χ4v) is 3.37. The summed E-state index contributed by atoms with van der Waals surface area (Å²) in [5.74, 6) is 1.07. The number of benzene rings is 2. The lowest BCUT2D eigenvalue weighted by atomic mass is 10.2. The molecule has 2 aromatic carbocycles. The number of halogens is 3. The average molecular weight is 459 g/mol. The van der Waals surface area contributed by atoms with Gasteiger partial charge < -0.3 is 13.9 Å². The fourth-order valence-electron chi connectivity index (χ4n) is 2.91. The number of hydrogen-bond donors (Lipinski definition) is 1. The third kappa shape index (κ3) is 4.45. The van der Waals surface area contributed by atoms with Crippen LogP contribution in [0.2, 0.25) is 10.0 Å². The molecule has 1 N–H and O–H groups in total. The first-order chi connectivity index (χ1) is 12.0. The van der Waals surface area contributed by atoms with E-state index in [0.717, 1.165) is 17.6 Å². The highest BCUT2D eigenvalue weighted by molar-refractivity contribution is 8.93. The van der Waals surface area contributed by atoms with Crippen molar-refractivity contribution in [1.82, 2.24) is 9.13 Å². The van der Waals surface area contributed by atoms with Gasteiger partial charge in [0.05, 0.1) is 22.6 Å². The second-order valence-corrected chi connectivity index (χ2v) is 7.24. The largest absolute Gasteiger partial charge is 0.490 e. The van der Waals surface area contributed by atoms with Crippen molar-refractivity contribution in [3.63, 3.8) is 0 Å². The number of para-hydroxylation sites is 2. The molecule has 0 aliphatic carbocycles. The molecule has 3 rings (SSSR count). The maximum absolute atomic E-state index is 8.55. The van der Waals surface area contributed by atoms with Crippen molar-refractivity contribution in [3.8, 4) is 5.75 Å². The summed E-state index contributed by atoms with van der Waals surface area (Å²) >= 11 is 12.0. The summed E-state index contributed by atoms with van der Waals surface area (Å²) in [6, 6.07) is 13.3. The molecule has 0 saturated heterocycles. The van der Waals surface area contributed by atoms with Gasteiger partial charge in [-0.05, 0) is 36.2 Å². The van der Waals surface area contributed by atoms with Crippen LogP contribution in [0.5, 0.6) is 5.75 Å². The lowest BCUT2D eigenvalue weighted by molar-refractivity contribution is 0.296. The van der Waals surface area contributed by atoms with Crippen LogP contribution < -0.4 is 10.4 Å². The van der Waals surface area contributed by atoms with Crippen molar-refractivity contribution in [1.29, 1.82) is 5.41 Å². The van der Waals surface area contributed by atoms with Gasteiger partial charge in [-0.2, -0.15) is 0 Å². The number of nitrogens with one attached hydrogen (secondary N) is 1. The Kier molecular flexibility index (Phi) is 7.21. The van der Waals surface area contributed by atoms with Gasteiger partial charge in [0.15, 0.2) is 0 Å². The minimum absolute atomic E-state index is 0. The Morgan fingerprint density at radius 3 is 2.31 bits per heavy atom. The van der Waals surface area contributed by atoms with E-state index in [9.17, 15) is 0 Å². The molecule has 0 aliphatic heterocycles. The Morgan fingerprint density at radius 2 is 1.69 bits per heavy atom. The first-order valence-electron chi connectivity index (χ1n) is 8.28. The third-order valence-corrected chi connectivity index (χ3v) is 4.52. The van der Waals surface area contributed by atoms with Gasteiger partial charge in [-0.25, -0.2) is 0 Å². The van der Waals surface area contributed by atoms with Crippen molar-refractivity contribution < 1.29 is 4.74 Å². The summed E-state index contributed by atoms with van der Waals surface area (Å²) in [5, 5.41) is 9.62. The highest BCUT2D eigenvalue weighted by atomic mass is 79.9. The molecule has 0 radical (unpaired) electrons. The van der Waals surface area contributed by atoms with Crippen molar-refractivity contribution in [2.75, 3.05) is 6.61 Å². The smallest absolute Gasteiger partial charge is 0.203 e. The van der Waals surface area contributed by atoms with E-state index in [4.69, 9.17) is 33.3 Å². The first-order valence-corrected chi connectivity index (χ1v) is 9.03. The molecule has 0 amide bonds. The number of nitrogens with zero attached hydrogens (tertiary/aromatic N) is 2. The predicted octanol–water partition coefficient (Wildman–Crippen LogP) is 5.54. The molecule has 1 aromatic heterocycles. The minimum atomic E-state index is 0. The molecule has 0 unspecified atom stereocenters. The van der Waals surface area contributed by atoms with Crippen molar-refractivity contribution in [3.05, 3.63) is 58.1 Å². The summed E-state index contributed by atoms with van der Waals surface area (Å²) in [6.07, 6.45) is 0. The van der Waals surface area contributed by atoms with Gasteiger partial charge in [0, 0.05) is 11.6 Å². The van der Waals surface area contributed by atoms with Crippen LogP contribution in [0.25, 0.3) is 11.0 Å². The summed E-state index contributed by atoms with van der Waals surface area (Å²) < 4.78 is 9.81. The quantitative estimate of drug-likeness (QED) is 0.517. The highest BCUT2D eigenvalue weighted by Gasteiger charge is 2.11. The predicted molar refractivity (Wildman–Crippen MR) is 113 cm³/mol. The number of aromatic nitrogens is 2. The summed E-state index contributed by atoms with van der Waals surface area (Å²) in [7, 11) is 0. The van der Waals surface area contributed by atoms with Gasteiger partial charge in [-0.15, -0.1) is 17.0 Å². The molecule has 140 valence electrons. The van der Waals surface area contributed by atoms with E-state index >= 15 is 0 Å². The topological polar surface area (TPSA) is 42.9 Å². The molecule has 0 spiro atoms. The Hall–Kier alpha value is -1.43. The standard InChI is InChI=1S/C19H21Cl2N3O.BrH/c1-13(2)12-24-17-6-4-3-5-16(17)23(19(24)22)9-10-25-18-8-7-14(20)11-15(18)21;/h3-8,11,13,22H,9-10,12H2,1-2H3;1H. The molecular weight excluding hydrogens is 437 g/mol. The Balaban J connectivity index is 0.00000243. The van der Waals surface area contributed by atoms with Crippen molar-refractivity contribution in [2.24, 2.45) is 5.92 Å². The van der Waals surface area contributed by atoms with E-state index in [0.29, 0.717) is 40.5 Å². The highest BCUT2D eigenvalue weighted by Crippen LogP contribution is 2.27. The Morgan fingerprint density at radius 1 is 1.04 bits per heavy atom. The van der Waals surface area contributed by atoms with Gasteiger partial charge in [0.1, 0.15) is 12.4 Å². The van der Waals surface area contributed by atoms with E-state index in [1.54, 1.807) is 18.2 Å². The molecule has 0 bridgehead atoms. The zero-order chi connectivity index (χ0) is 18.0. The summed E-state index contributed by atoms with van der Waals surface area (Å²) in [5.41, 5.74) is 2.60. The van der Waals surface area contributed by atoms with Gasteiger partial charge in [-0.3, -0.25) is 5.41 Å². The lowest BCUT2D eigenvalue weighted by Crippen LogP contribution is -2.27. The van der Waals surface area contributed by atoms with E-state index in [-0.39, 0.29) is 17.0 Å². The van der Waals surface area contributed by atoms with Crippen LogP contribution in [0.3, 0.4) is 0 Å². The average Bonchev–Trinajstić information content (AvgIpc) is 2.82. The third-order valence-electron chi connectivity index (χ3n) is 3.99. The first kappa shape index (κ1) is 20.9. The molecule has 0 atom stereocenters. The molecule has 0 aliphatic rings. The van der Waals surface area contributed by atoms with Crippen molar-refractivity contribution in [2.45, 2.75) is 26.9 Å². The van der Waals surface area contributed by atoms with Gasteiger partial charge in [0.25, 0.3) is 0 Å². The SMILES string of the molecule is Br.CC(C)Cn1c(=N)n(CCOc2ccc(Cl)cc2Cl)c2ccccc21. The van der Waals surface area contributed by atoms with Crippen LogP contribution in [-0.4, -0.2) is 15.7 Å². The molecular formula is C19H22BrCl2N3O. The number of imidazole rings is 1. The van der Waals surface area contributed by atoms with Crippen molar-refractivity contribution >= 4 is 51.2 Å². The molecule has 4 nitrogen and oxygen atoms in total. The molecule has 7 heteroatoms. The molecule has 1 heterocycles. The van der Waals surface area contributed by atoms with Crippen LogP contribution in [-0.2, 0) is 13.1 Å². The second-order valence-electron chi connectivity index (χ2n) is 6.39. The molecule has 3 aromatic rings.